The Kier molecular flexibility index (Phi) is 5.23. The van der Waals surface area contributed by atoms with Gasteiger partial charge in [-0.1, -0.05) is 30.3 Å². The second-order valence-electron chi connectivity index (χ2n) is 6.35. The van der Waals surface area contributed by atoms with E-state index in [-0.39, 0.29) is 16.2 Å². The number of sulfonamides is 1. The second kappa shape index (κ2) is 7.63. The van der Waals surface area contributed by atoms with Crippen molar-refractivity contribution >= 4 is 33.4 Å². The Morgan fingerprint density at radius 1 is 0.963 bits per heavy atom. The maximum absolute atomic E-state index is 12.8. The summed E-state index contributed by atoms with van der Waals surface area (Å²) in [5.41, 5.74) is 1.76. The minimum absolute atomic E-state index is 0.0256. The first kappa shape index (κ1) is 18.5. The molecule has 2 fully saturated rings. The highest BCUT2D eigenvalue weighted by Crippen LogP contribution is 2.41. The van der Waals surface area contributed by atoms with Crippen LogP contribution in [0, 0.1) is 0 Å². The number of anilines is 1. The fourth-order valence-electron chi connectivity index (χ4n) is 3.28. The molecule has 1 unspecified atom stereocenters. The monoisotopic (exact) mass is 404 g/mol. The first-order valence-corrected chi connectivity index (χ1v) is 11.2. The number of rotatable bonds is 4. The summed E-state index contributed by atoms with van der Waals surface area (Å²) in [6.45, 7) is 1.55. The van der Waals surface area contributed by atoms with E-state index in [0.29, 0.717) is 37.7 Å². The van der Waals surface area contributed by atoms with Gasteiger partial charge in [0.25, 0.3) is 0 Å². The van der Waals surface area contributed by atoms with Crippen molar-refractivity contribution in [2.75, 3.05) is 37.0 Å². The predicted molar refractivity (Wildman–Crippen MR) is 105 cm³/mol. The molecule has 0 aromatic heterocycles. The van der Waals surface area contributed by atoms with Crippen molar-refractivity contribution in [1.82, 2.24) is 4.31 Å². The molecule has 1 atom stereocenters. The minimum atomic E-state index is -3.54. The van der Waals surface area contributed by atoms with E-state index in [1.54, 1.807) is 40.9 Å². The Hall–Kier alpha value is -1.87. The number of amides is 1. The topological polar surface area (TPSA) is 66.9 Å². The third-order valence-electron chi connectivity index (χ3n) is 4.68. The van der Waals surface area contributed by atoms with E-state index in [4.69, 9.17) is 4.74 Å². The van der Waals surface area contributed by atoms with Crippen LogP contribution in [0.1, 0.15) is 10.9 Å². The molecule has 142 valence electrons. The normalized spacial score (nSPS) is 21.6. The van der Waals surface area contributed by atoms with Crippen LogP contribution in [0.25, 0.3) is 0 Å². The van der Waals surface area contributed by atoms with Gasteiger partial charge in [-0.05, 0) is 29.8 Å². The summed E-state index contributed by atoms with van der Waals surface area (Å²) >= 11 is 1.57. The van der Waals surface area contributed by atoms with Crippen molar-refractivity contribution in [3.05, 3.63) is 60.2 Å². The van der Waals surface area contributed by atoms with Crippen molar-refractivity contribution in [2.24, 2.45) is 0 Å². The summed E-state index contributed by atoms with van der Waals surface area (Å²) in [6.07, 6.45) is 0. The first-order chi connectivity index (χ1) is 13.1. The quantitative estimate of drug-likeness (QED) is 0.783. The van der Waals surface area contributed by atoms with Gasteiger partial charge in [0, 0.05) is 18.8 Å². The Morgan fingerprint density at radius 2 is 1.63 bits per heavy atom. The summed E-state index contributed by atoms with van der Waals surface area (Å²) < 4.78 is 32.2. The molecule has 0 saturated carbocycles. The van der Waals surface area contributed by atoms with Crippen LogP contribution in [0.2, 0.25) is 0 Å². The van der Waals surface area contributed by atoms with Crippen LogP contribution in [0.5, 0.6) is 0 Å². The van der Waals surface area contributed by atoms with Gasteiger partial charge in [0.15, 0.2) is 0 Å². The van der Waals surface area contributed by atoms with Gasteiger partial charge in [-0.25, -0.2) is 8.42 Å². The number of carbonyl (C=O) groups excluding carboxylic acids is 1. The summed E-state index contributed by atoms with van der Waals surface area (Å²) in [5, 5.41) is -0.0969. The summed E-state index contributed by atoms with van der Waals surface area (Å²) in [5.74, 6) is 0.436. The molecule has 4 rings (SSSR count). The zero-order chi connectivity index (χ0) is 18.9. The lowest BCUT2D eigenvalue weighted by Crippen LogP contribution is -2.40. The number of thioether (sulfide) groups is 1. The molecule has 8 heteroatoms. The first-order valence-electron chi connectivity index (χ1n) is 8.74. The maximum Gasteiger partial charge on any atom is 0.243 e. The standard InChI is InChI=1S/C19H20N2O4S2/c22-18-14-26-19(15-4-2-1-3-5-15)21(18)16-6-8-17(9-7-16)27(23,24)20-10-12-25-13-11-20/h1-9,19H,10-14H2. The molecule has 2 aromatic rings. The van der Waals surface area contributed by atoms with Crippen molar-refractivity contribution in [2.45, 2.75) is 10.3 Å². The van der Waals surface area contributed by atoms with Crippen LogP contribution in [-0.4, -0.2) is 50.7 Å². The number of hydrogen-bond donors (Lipinski definition) is 0. The smallest absolute Gasteiger partial charge is 0.243 e. The van der Waals surface area contributed by atoms with Gasteiger partial charge in [-0.15, -0.1) is 11.8 Å². The van der Waals surface area contributed by atoms with Crippen LogP contribution >= 0.6 is 11.8 Å². The number of ether oxygens (including phenoxy) is 1. The van der Waals surface area contributed by atoms with Gasteiger partial charge in [0.2, 0.25) is 15.9 Å². The summed E-state index contributed by atoms with van der Waals surface area (Å²) in [6, 6.07) is 16.4. The number of morpholine rings is 1. The highest BCUT2D eigenvalue weighted by molar-refractivity contribution is 8.00. The average Bonchev–Trinajstić information content (AvgIpc) is 3.11. The van der Waals surface area contributed by atoms with Gasteiger partial charge >= 0.3 is 0 Å². The molecule has 0 bridgehead atoms. The molecule has 2 saturated heterocycles. The van der Waals surface area contributed by atoms with Crippen molar-refractivity contribution in [3.8, 4) is 0 Å². The van der Waals surface area contributed by atoms with Crippen molar-refractivity contribution in [3.63, 3.8) is 0 Å². The summed E-state index contributed by atoms with van der Waals surface area (Å²) in [7, 11) is -3.54. The van der Waals surface area contributed by atoms with E-state index < -0.39 is 10.0 Å². The van der Waals surface area contributed by atoms with Gasteiger partial charge < -0.3 is 4.74 Å². The van der Waals surface area contributed by atoms with E-state index >= 15 is 0 Å². The third kappa shape index (κ3) is 3.62. The maximum atomic E-state index is 12.8. The molecule has 0 N–H and O–H groups in total. The number of benzene rings is 2. The molecule has 6 nitrogen and oxygen atoms in total. The Balaban J connectivity index is 1.60. The molecule has 0 spiro atoms. The highest BCUT2D eigenvalue weighted by Gasteiger charge is 2.34. The van der Waals surface area contributed by atoms with Crippen LogP contribution in [0.4, 0.5) is 5.69 Å². The number of nitrogens with zero attached hydrogens (tertiary/aromatic N) is 2. The van der Waals surface area contributed by atoms with Crippen LogP contribution in [0.3, 0.4) is 0 Å². The molecule has 2 aliphatic heterocycles. The van der Waals surface area contributed by atoms with E-state index in [1.165, 1.54) is 4.31 Å². The number of carbonyl (C=O) groups is 1. The molecular formula is C19H20N2O4S2. The SMILES string of the molecule is O=C1CSC(c2ccccc2)N1c1ccc(S(=O)(=O)N2CCOCC2)cc1. The van der Waals surface area contributed by atoms with Gasteiger partial charge in [-0.2, -0.15) is 4.31 Å². The highest BCUT2D eigenvalue weighted by atomic mass is 32.2. The molecule has 0 radical (unpaired) electrons. The lowest BCUT2D eigenvalue weighted by Gasteiger charge is -2.27. The van der Waals surface area contributed by atoms with E-state index in [1.807, 2.05) is 30.3 Å². The zero-order valence-corrected chi connectivity index (χ0v) is 16.3. The third-order valence-corrected chi connectivity index (χ3v) is 7.80. The zero-order valence-electron chi connectivity index (χ0n) is 14.7. The molecule has 0 aliphatic carbocycles. The predicted octanol–water partition coefficient (Wildman–Crippen LogP) is 2.49. The number of hydrogen-bond acceptors (Lipinski definition) is 5. The fraction of sp³-hybridized carbons (Fsp3) is 0.316. The van der Waals surface area contributed by atoms with Gasteiger partial charge in [-0.3, -0.25) is 9.69 Å². The lowest BCUT2D eigenvalue weighted by molar-refractivity contribution is -0.115. The van der Waals surface area contributed by atoms with E-state index in [9.17, 15) is 13.2 Å². The molecular weight excluding hydrogens is 384 g/mol. The minimum Gasteiger partial charge on any atom is -0.379 e. The van der Waals surface area contributed by atoms with Crippen molar-refractivity contribution in [1.29, 1.82) is 0 Å². The van der Waals surface area contributed by atoms with Gasteiger partial charge in [0.1, 0.15) is 5.37 Å². The van der Waals surface area contributed by atoms with Gasteiger partial charge in [0.05, 0.1) is 23.9 Å². The summed E-state index contributed by atoms with van der Waals surface area (Å²) in [4.78, 5) is 14.4. The van der Waals surface area contributed by atoms with Crippen LogP contribution in [0.15, 0.2) is 59.5 Å². The van der Waals surface area contributed by atoms with Crippen LogP contribution < -0.4 is 4.90 Å². The Labute approximate surface area is 163 Å². The molecule has 2 aliphatic rings. The molecule has 27 heavy (non-hydrogen) atoms. The molecule has 2 heterocycles. The van der Waals surface area contributed by atoms with Crippen molar-refractivity contribution < 1.29 is 17.9 Å². The van der Waals surface area contributed by atoms with E-state index in [2.05, 4.69) is 0 Å². The Morgan fingerprint density at radius 3 is 2.30 bits per heavy atom. The largest absolute Gasteiger partial charge is 0.379 e. The fourth-order valence-corrected chi connectivity index (χ4v) is 5.87. The Bertz CT molecular complexity index is 910. The van der Waals surface area contributed by atoms with Crippen LogP contribution in [-0.2, 0) is 19.6 Å². The lowest BCUT2D eigenvalue weighted by atomic mass is 10.2. The average molecular weight is 405 g/mol. The second-order valence-corrected chi connectivity index (χ2v) is 9.35. The molecule has 1 amide bonds. The van der Waals surface area contributed by atoms with E-state index in [0.717, 1.165) is 5.56 Å². The molecule has 2 aromatic carbocycles.